The second kappa shape index (κ2) is 3.91. The summed E-state index contributed by atoms with van der Waals surface area (Å²) in [6.45, 7) is 1.55. The van der Waals surface area contributed by atoms with Crippen LogP contribution in [0.25, 0.3) is 0 Å². The summed E-state index contributed by atoms with van der Waals surface area (Å²) in [5, 5.41) is 18.0. The maximum absolute atomic E-state index is 10.5. The molecule has 0 amide bonds. The maximum atomic E-state index is 10.5. The van der Waals surface area contributed by atoms with Gasteiger partial charge >= 0.3 is 5.97 Å². The molecule has 1 saturated carbocycles. The van der Waals surface area contributed by atoms with Crippen molar-refractivity contribution in [3.63, 3.8) is 0 Å². The molecule has 2 N–H and O–H groups in total. The van der Waals surface area contributed by atoms with Crippen LogP contribution in [0, 0.1) is 11.8 Å². The van der Waals surface area contributed by atoms with E-state index in [2.05, 4.69) is 22.6 Å². The lowest BCUT2D eigenvalue weighted by Gasteiger charge is -2.13. The molecule has 1 fully saturated rings. The molecule has 4 heteroatoms. The number of hydrogen-bond acceptors (Lipinski definition) is 2. The number of carboxylic acid groups (broad SMARTS) is 1. The maximum Gasteiger partial charge on any atom is 0.308 e. The van der Waals surface area contributed by atoms with Crippen molar-refractivity contribution in [1.29, 1.82) is 0 Å². The Bertz CT molecular complexity index is 183. The molecule has 1 unspecified atom stereocenters. The highest BCUT2D eigenvalue weighted by atomic mass is 127. The van der Waals surface area contributed by atoms with Crippen LogP contribution in [0.3, 0.4) is 0 Å². The summed E-state index contributed by atoms with van der Waals surface area (Å²) in [5.74, 6) is -0.996. The van der Waals surface area contributed by atoms with Crippen molar-refractivity contribution in [2.24, 2.45) is 11.8 Å². The van der Waals surface area contributed by atoms with Crippen molar-refractivity contribution in [1.82, 2.24) is 0 Å². The van der Waals surface area contributed by atoms with E-state index in [0.29, 0.717) is 16.3 Å². The fourth-order valence-electron chi connectivity index (χ4n) is 1.13. The van der Waals surface area contributed by atoms with Gasteiger partial charge in [-0.3, -0.25) is 4.79 Å². The van der Waals surface area contributed by atoms with Crippen molar-refractivity contribution in [2.75, 3.05) is 0 Å². The van der Waals surface area contributed by atoms with E-state index in [4.69, 9.17) is 5.11 Å². The van der Waals surface area contributed by atoms with Crippen molar-refractivity contribution < 1.29 is 15.0 Å². The summed E-state index contributed by atoms with van der Waals surface area (Å²) < 4.78 is 0.651. The van der Waals surface area contributed by atoms with E-state index in [9.17, 15) is 9.90 Å². The van der Waals surface area contributed by atoms with Gasteiger partial charge in [0.15, 0.2) is 0 Å². The van der Waals surface area contributed by atoms with Crippen LogP contribution in [0.15, 0.2) is 0 Å². The van der Waals surface area contributed by atoms with Gasteiger partial charge in [0, 0.05) is 3.92 Å². The molecular weight excluding hydrogens is 271 g/mol. The van der Waals surface area contributed by atoms with E-state index >= 15 is 0 Å². The van der Waals surface area contributed by atoms with Crippen LogP contribution in [-0.4, -0.2) is 26.2 Å². The molecule has 0 spiro atoms. The van der Waals surface area contributed by atoms with Crippen molar-refractivity contribution in [3.05, 3.63) is 0 Å². The number of aliphatic hydroxyl groups excluding tert-OH is 1. The Labute approximate surface area is 85.3 Å². The van der Waals surface area contributed by atoms with Crippen molar-refractivity contribution >= 4 is 28.6 Å². The molecule has 1 aliphatic carbocycles. The van der Waals surface area contributed by atoms with Crippen LogP contribution in [-0.2, 0) is 4.79 Å². The van der Waals surface area contributed by atoms with E-state index in [1.165, 1.54) is 0 Å². The average molecular weight is 284 g/mol. The Hall–Kier alpha value is 0.160. The highest BCUT2D eigenvalue weighted by molar-refractivity contribution is 14.1. The summed E-state index contributed by atoms with van der Waals surface area (Å²) in [7, 11) is 0. The molecule has 1 rings (SSSR count). The average Bonchev–Trinajstić information content (AvgIpc) is 2.64. The third-order valence-corrected chi connectivity index (χ3v) is 3.87. The number of carbonyl (C=O) groups is 1. The molecule has 70 valence electrons. The molecule has 0 aromatic heterocycles. The number of rotatable bonds is 4. The summed E-state index contributed by atoms with van der Waals surface area (Å²) in [5.41, 5.74) is 0. The largest absolute Gasteiger partial charge is 0.481 e. The predicted octanol–water partition coefficient (Wildman–Crippen LogP) is 1.28. The summed E-state index contributed by atoms with van der Waals surface area (Å²) in [6.07, 6.45) is 1.10. The minimum Gasteiger partial charge on any atom is -0.481 e. The van der Waals surface area contributed by atoms with Gasteiger partial charge in [0.1, 0.15) is 0 Å². The number of halogens is 1. The van der Waals surface area contributed by atoms with E-state index < -0.39 is 18.0 Å². The van der Waals surface area contributed by atoms with Gasteiger partial charge in [-0.25, -0.2) is 0 Å². The molecule has 0 aromatic rings. The Kier molecular flexibility index (Phi) is 3.34. The lowest BCUT2D eigenvalue weighted by atomic mass is 10.0. The number of aliphatic carboxylic acids is 1. The SMILES string of the molecule is C[C@@H](C(=O)O)[C@H](O)C[C@H]1CC1I. The van der Waals surface area contributed by atoms with E-state index in [0.717, 1.165) is 6.42 Å². The Morgan fingerprint density at radius 2 is 2.25 bits per heavy atom. The Balaban J connectivity index is 2.27. The van der Waals surface area contributed by atoms with Crippen LogP contribution in [0.1, 0.15) is 19.8 Å². The normalized spacial score (nSPS) is 32.6. The third-order valence-electron chi connectivity index (χ3n) is 2.35. The van der Waals surface area contributed by atoms with Gasteiger partial charge in [0.2, 0.25) is 0 Å². The van der Waals surface area contributed by atoms with Crippen LogP contribution >= 0.6 is 22.6 Å². The number of carboxylic acids is 1. The molecule has 0 aromatic carbocycles. The fraction of sp³-hybridized carbons (Fsp3) is 0.875. The van der Waals surface area contributed by atoms with Crippen LogP contribution < -0.4 is 0 Å². The fourth-order valence-corrected chi connectivity index (χ4v) is 2.08. The lowest BCUT2D eigenvalue weighted by Crippen LogP contribution is -2.25. The third kappa shape index (κ3) is 2.58. The molecule has 0 saturated heterocycles. The number of alkyl halides is 1. The number of aliphatic hydroxyl groups is 1. The first-order valence-corrected chi connectivity index (χ1v) is 5.32. The quantitative estimate of drug-likeness (QED) is 0.604. The zero-order valence-corrected chi connectivity index (χ0v) is 9.06. The van der Waals surface area contributed by atoms with E-state index in [-0.39, 0.29) is 0 Å². The molecule has 0 radical (unpaired) electrons. The molecule has 0 aliphatic heterocycles. The zero-order chi connectivity index (χ0) is 9.30. The second-order valence-corrected chi connectivity index (χ2v) is 5.04. The molecule has 0 heterocycles. The van der Waals surface area contributed by atoms with Gasteiger partial charge in [-0.2, -0.15) is 0 Å². The zero-order valence-electron chi connectivity index (χ0n) is 6.90. The van der Waals surface area contributed by atoms with Crippen LogP contribution in [0.5, 0.6) is 0 Å². The first-order chi connectivity index (χ1) is 5.52. The molecular formula is C8H13IO3. The highest BCUT2D eigenvalue weighted by Crippen LogP contribution is 2.42. The predicted molar refractivity (Wildman–Crippen MR) is 53.3 cm³/mol. The highest BCUT2D eigenvalue weighted by Gasteiger charge is 2.37. The smallest absolute Gasteiger partial charge is 0.308 e. The van der Waals surface area contributed by atoms with Gasteiger partial charge in [-0.1, -0.05) is 22.6 Å². The number of hydrogen-bond donors (Lipinski definition) is 2. The standard InChI is InChI=1S/C8H13IO3/c1-4(8(11)12)7(10)3-5-2-6(5)9/h4-7,10H,2-3H2,1H3,(H,11,12)/t4-,5-,6?,7-/m1/s1. The van der Waals surface area contributed by atoms with Crippen molar-refractivity contribution in [2.45, 2.75) is 29.8 Å². The molecule has 1 aliphatic rings. The van der Waals surface area contributed by atoms with E-state index in [1.54, 1.807) is 6.92 Å². The Morgan fingerprint density at radius 3 is 2.58 bits per heavy atom. The van der Waals surface area contributed by atoms with Gasteiger partial charge in [0.05, 0.1) is 12.0 Å². The van der Waals surface area contributed by atoms with Crippen LogP contribution in [0.4, 0.5) is 0 Å². The van der Waals surface area contributed by atoms with Gasteiger partial charge in [-0.05, 0) is 25.7 Å². The van der Waals surface area contributed by atoms with Gasteiger partial charge < -0.3 is 10.2 Å². The van der Waals surface area contributed by atoms with Gasteiger partial charge in [0.25, 0.3) is 0 Å². The first kappa shape index (κ1) is 10.2. The van der Waals surface area contributed by atoms with E-state index in [1.807, 2.05) is 0 Å². The monoisotopic (exact) mass is 284 g/mol. The summed E-state index contributed by atoms with van der Waals surface area (Å²) in [4.78, 5) is 10.5. The lowest BCUT2D eigenvalue weighted by molar-refractivity contribution is -0.145. The van der Waals surface area contributed by atoms with Gasteiger partial charge in [-0.15, -0.1) is 0 Å². The molecule has 12 heavy (non-hydrogen) atoms. The Morgan fingerprint density at radius 1 is 1.75 bits per heavy atom. The molecule has 4 atom stereocenters. The summed E-state index contributed by atoms with van der Waals surface area (Å²) in [6, 6.07) is 0. The molecule has 0 bridgehead atoms. The minimum atomic E-state index is -0.909. The minimum absolute atomic E-state index is 0.544. The topological polar surface area (TPSA) is 57.5 Å². The first-order valence-electron chi connectivity index (χ1n) is 4.07. The summed E-state index contributed by atoms with van der Waals surface area (Å²) >= 11 is 2.33. The van der Waals surface area contributed by atoms with Crippen molar-refractivity contribution in [3.8, 4) is 0 Å². The van der Waals surface area contributed by atoms with Crippen LogP contribution in [0.2, 0.25) is 0 Å². The molecule has 3 nitrogen and oxygen atoms in total. The second-order valence-electron chi connectivity index (χ2n) is 3.44.